The lowest BCUT2D eigenvalue weighted by atomic mass is 9.77. The average Bonchev–Trinajstić information content (AvgIpc) is 2.10. The molecule has 1 fully saturated rings. The van der Waals surface area contributed by atoms with Crippen LogP contribution in [-0.2, 0) is 9.47 Å². The van der Waals surface area contributed by atoms with Gasteiger partial charge in [-0.05, 0) is 19.3 Å². The van der Waals surface area contributed by atoms with Crippen LogP contribution in [0, 0.1) is 0 Å². The van der Waals surface area contributed by atoms with Crippen molar-refractivity contribution in [3.05, 3.63) is 0 Å². The first-order valence-electron chi connectivity index (χ1n) is 4.68. The summed E-state index contributed by atoms with van der Waals surface area (Å²) >= 11 is 0. The highest BCUT2D eigenvalue weighted by molar-refractivity contribution is 4.95. The molecule has 4 nitrogen and oxygen atoms in total. The van der Waals surface area contributed by atoms with Crippen molar-refractivity contribution in [2.45, 2.75) is 31.1 Å². The molecule has 0 aromatic rings. The molecule has 78 valence electrons. The van der Waals surface area contributed by atoms with Crippen LogP contribution in [0.5, 0.6) is 0 Å². The summed E-state index contributed by atoms with van der Waals surface area (Å²) in [7, 11) is 3.23. The molecule has 0 aliphatic heterocycles. The van der Waals surface area contributed by atoms with Crippen LogP contribution in [-0.4, -0.2) is 44.3 Å². The molecule has 2 N–H and O–H groups in total. The minimum absolute atomic E-state index is 0.0602. The maximum Gasteiger partial charge on any atom is 0.169 e. The highest BCUT2D eigenvalue weighted by Gasteiger charge is 2.36. The van der Waals surface area contributed by atoms with Crippen LogP contribution < -0.4 is 5.32 Å². The molecular formula is C9H19NO3. The fraction of sp³-hybridized carbons (Fsp3) is 1.00. The van der Waals surface area contributed by atoms with Crippen LogP contribution in [0.4, 0.5) is 0 Å². The summed E-state index contributed by atoms with van der Waals surface area (Å²) in [5, 5.41) is 12.4. The van der Waals surface area contributed by atoms with Gasteiger partial charge in [0, 0.05) is 26.3 Å². The summed E-state index contributed by atoms with van der Waals surface area (Å²) in [6.45, 7) is 0.834. The Morgan fingerprint density at radius 1 is 1.38 bits per heavy atom. The summed E-state index contributed by atoms with van der Waals surface area (Å²) in [6.07, 6.45) is 3.06. The molecule has 1 saturated carbocycles. The van der Waals surface area contributed by atoms with Gasteiger partial charge in [0.15, 0.2) is 6.29 Å². The second-order valence-corrected chi connectivity index (χ2v) is 3.57. The first-order chi connectivity index (χ1) is 6.26. The predicted molar refractivity (Wildman–Crippen MR) is 49.5 cm³/mol. The van der Waals surface area contributed by atoms with Crippen LogP contribution >= 0.6 is 0 Å². The second-order valence-electron chi connectivity index (χ2n) is 3.57. The van der Waals surface area contributed by atoms with E-state index in [-0.39, 0.29) is 18.4 Å². The third-order valence-corrected chi connectivity index (χ3v) is 2.78. The van der Waals surface area contributed by atoms with E-state index in [4.69, 9.17) is 14.6 Å². The number of methoxy groups -OCH3 is 2. The molecule has 1 aliphatic rings. The number of hydrogen-bond donors (Lipinski definition) is 2. The van der Waals surface area contributed by atoms with E-state index in [0.29, 0.717) is 6.54 Å². The van der Waals surface area contributed by atoms with Crippen LogP contribution in [0.3, 0.4) is 0 Å². The Kier molecular flexibility index (Phi) is 4.12. The molecule has 0 bridgehead atoms. The van der Waals surface area contributed by atoms with E-state index in [1.807, 2.05) is 0 Å². The molecule has 0 unspecified atom stereocenters. The predicted octanol–water partition coefficient (Wildman–Crippen LogP) is 0.110. The molecule has 13 heavy (non-hydrogen) atoms. The van der Waals surface area contributed by atoms with Crippen molar-refractivity contribution in [3.63, 3.8) is 0 Å². The number of ether oxygens (including phenoxy) is 2. The lowest BCUT2D eigenvalue weighted by Gasteiger charge is -2.41. The Hall–Kier alpha value is -0.160. The number of aliphatic hydroxyl groups excluding tert-OH is 1. The summed E-state index contributed by atoms with van der Waals surface area (Å²) in [6, 6.07) is 0. The largest absolute Gasteiger partial charge is 0.394 e. The Morgan fingerprint density at radius 3 is 2.31 bits per heavy atom. The summed E-state index contributed by atoms with van der Waals surface area (Å²) < 4.78 is 10.1. The van der Waals surface area contributed by atoms with Crippen LogP contribution in [0.25, 0.3) is 0 Å². The van der Waals surface area contributed by atoms with E-state index in [0.717, 1.165) is 12.8 Å². The van der Waals surface area contributed by atoms with E-state index in [2.05, 4.69) is 5.32 Å². The minimum Gasteiger partial charge on any atom is -0.394 e. The van der Waals surface area contributed by atoms with Crippen LogP contribution in [0.1, 0.15) is 19.3 Å². The van der Waals surface area contributed by atoms with Crippen LogP contribution in [0.15, 0.2) is 0 Å². The van der Waals surface area contributed by atoms with Crippen molar-refractivity contribution in [2.24, 2.45) is 0 Å². The molecule has 0 heterocycles. The lowest BCUT2D eigenvalue weighted by Crippen LogP contribution is -2.56. The third-order valence-electron chi connectivity index (χ3n) is 2.78. The van der Waals surface area contributed by atoms with E-state index in [9.17, 15) is 0 Å². The third kappa shape index (κ3) is 2.64. The zero-order valence-corrected chi connectivity index (χ0v) is 8.38. The lowest BCUT2D eigenvalue weighted by molar-refractivity contribution is -0.106. The Balaban J connectivity index is 2.23. The van der Waals surface area contributed by atoms with E-state index in [1.54, 1.807) is 14.2 Å². The summed E-state index contributed by atoms with van der Waals surface area (Å²) in [5.74, 6) is 0. The Morgan fingerprint density at radius 2 is 2.00 bits per heavy atom. The van der Waals surface area contributed by atoms with E-state index >= 15 is 0 Å². The molecule has 0 saturated heterocycles. The maximum atomic E-state index is 9.15. The van der Waals surface area contributed by atoms with Gasteiger partial charge in [0.25, 0.3) is 0 Å². The van der Waals surface area contributed by atoms with Gasteiger partial charge in [0.05, 0.1) is 6.61 Å². The quantitative estimate of drug-likeness (QED) is 0.582. The standard InChI is InChI=1S/C9H19NO3/c1-12-8(13-2)6-10-9(7-11)4-3-5-9/h8,10-11H,3-7H2,1-2H3. The van der Waals surface area contributed by atoms with E-state index < -0.39 is 0 Å². The number of hydrogen-bond acceptors (Lipinski definition) is 4. The van der Waals surface area contributed by atoms with Crippen molar-refractivity contribution >= 4 is 0 Å². The van der Waals surface area contributed by atoms with Crippen molar-refractivity contribution in [2.75, 3.05) is 27.4 Å². The van der Waals surface area contributed by atoms with Crippen LogP contribution in [0.2, 0.25) is 0 Å². The fourth-order valence-electron chi connectivity index (χ4n) is 1.56. The summed E-state index contributed by atoms with van der Waals surface area (Å²) in [5.41, 5.74) is -0.0602. The van der Waals surface area contributed by atoms with Gasteiger partial charge in [-0.2, -0.15) is 0 Å². The van der Waals surface area contributed by atoms with Crippen molar-refractivity contribution < 1.29 is 14.6 Å². The zero-order valence-electron chi connectivity index (χ0n) is 8.38. The minimum atomic E-state index is -0.218. The Bertz CT molecular complexity index is 138. The molecule has 0 radical (unpaired) electrons. The van der Waals surface area contributed by atoms with E-state index in [1.165, 1.54) is 6.42 Å². The second kappa shape index (κ2) is 4.91. The van der Waals surface area contributed by atoms with Gasteiger partial charge in [-0.15, -0.1) is 0 Å². The molecular weight excluding hydrogens is 170 g/mol. The molecule has 4 heteroatoms. The van der Waals surface area contributed by atoms with Gasteiger partial charge in [-0.1, -0.05) is 0 Å². The average molecular weight is 189 g/mol. The van der Waals surface area contributed by atoms with Gasteiger partial charge in [-0.25, -0.2) is 0 Å². The number of aliphatic hydroxyl groups is 1. The fourth-order valence-corrected chi connectivity index (χ4v) is 1.56. The molecule has 0 atom stereocenters. The van der Waals surface area contributed by atoms with Crippen molar-refractivity contribution in [1.82, 2.24) is 5.32 Å². The van der Waals surface area contributed by atoms with Crippen molar-refractivity contribution in [3.8, 4) is 0 Å². The molecule has 0 aromatic heterocycles. The first kappa shape index (κ1) is 10.9. The van der Waals surface area contributed by atoms with Gasteiger partial charge in [-0.3, -0.25) is 0 Å². The highest BCUT2D eigenvalue weighted by atomic mass is 16.7. The highest BCUT2D eigenvalue weighted by Crippen LogP contribution is 2.30. The van der Waals surface area contributed by atoms with Gasteiger partial charge < -0.3 is 19.9 Å². The molecule has 0 amide bonds. The van der Waals surface area contributed by atoms with Crippen molar-refractivity contribution in [1.29, 1.82) is 0 Å². The molecule has 1 rings (SSSR count). The maximum absolute atomic E-state index is 9.15. The molecule has 1 aliphatic carbocycles. The molecule has 0 spiro atoms. The number of rotatable bonds is 6. The smallest absolute Gasteiger partial charge is 0.169 e. The normalized spacial score (nSPS) is 20.3. The van der Waals surface area contributed by atoms with Gasteiger partial charge in [0.2, 0.25) is 0 Å². The molecule has 0 aromatic carbocycles. The first-order valence-corrected chi connectivity index (χ1v) is 4.68. The SMILES string of the molecule is COC(CNC1(CO)CCC1)OC. The summed E-state index contributed by atoms with van der Waals surface area (Å²) in [4.78, 5) is 0. The topological polar surface area (TPSA) is 50.7 Å². The Labute approximate surface area is 79.2 Å². The van der Waals surface area contributed by atoms with Gasteiger partial charge >= 0.3 is 0 Å². The van der Waals surface area contributed by atoms with Gasteiger partial charge in [0.1, 0.15) is 0 Å². The monoisotopic (exact) mass is 189 g/mol. The zero-order chi connectivity index (χ0) is 9.73. The number of nitrogens with one attached hydrogen (secondary N) is 1.